The maximum absolute atomic E-state index is 11.1. The number of aromatic nitrogens is 4. The van der Waals surface area contributed by atoms with Crippen molar-refractivity contribution in [3.8, 4) is 11.5 Å². The van der Waals surface area contributed by atoms with Crippen LogP contribution in [0.1, 0.15) is 22.9 Å². The highest BCUT2D eigenvalue weighted by atomic mass is 16.6. The third-order valence-electron chi connectivity index (χ3n) is 7.64. The van der Waals surface area contributed by atoms with Crippen LogP contribution >= 0.6 is 0 Å². The molecule has 0 amide bonds. The number of nitrogen functional groups attached to an aromatic ring is 1. The Balaban J connectivity index is 1.39. The van der Waals surface area contributed by atoms with Crippen molar-refractivity contribution in [3.05, 3.63) is 108 Å². The molecule has 3 heterocycles. The summed E-state index contributed by atoms with van der Waals surface area (Å²) >= 11 is 0. The fourth-order valence-corrected chi connectivity index (χ4v) is 5.43. The summed E-state index contributed by atoms with van der Waals surface area (Å²) < 4.78 is 25.4. The lowest BCUT2D eigenvalue weighted by Gasteiger charge is -2.37. The van der Waals surface area contributed by atoms with Crippen molar-refractivity contribution in [2.24, 2.45) is 0 Å². The molecule has 5 aromatic rings. The van der Waals surface area contributed by atoms with Crippen molar-refractivity contribution >= 4 is 17.0 Å². The van der Waals surface area contributed by atoms with Crippen molar-refractivity contribution in [2.45, 2.75) is 30.1 Å². The Morgan fingerprint density at radius 3 is 2.00 bits per heavy atom. The van der Waals surface area contributed by atoms with Gasteiger partial charge in [-0.2, -0.15) is 0 Å². The Morgan fingerprint density at radius 1 is 0.810 bits per heavy atom. The standard InChI is InChI=1S/C31H31N5O6/c1-39-22-12-8-20(9-13-22)31(19-6-4-3-5-7-19,21-10-14-23(40-2)15-11-21)41-16-24-26(37)27(38)30(42-24)36-18-35-25-28(32)33-17-34-29(25)36/h3-15,17-18,24,26-27,30,37-38H,16H2,1-2H3,(H2,32,33,34)/t24-,26?,27?,30-/m1/s1. The molecule has 216 valence electrons. The third kappa shape index (κ3) is 4.72. The molecule has 0 aliphatic carbocycles. The summed E-state index contributed by atoms with van der Waals surface area (Å²) in [7, 11) is 3.23. The van der Waals surface area contributed by atoms with Crippen LogP contribution in [-0.2, 0) is 15.1 Å². The van der Waals surface area contributed by atoms with Gasteiger partial charge in [-0.25, -0.2) is 15.0 Å². The van der Waals surface area contributed by atoms with Crippen LogP contribution in [0.4, 0.5) is 5.82 Å². The molecule has 1 aliphatic rings. The van der Waals surface area contributed by atoms with Gasteiger partial charge in [-0.3, -0.25) is 4.57 Å². The van der Waals surface area contributed by atoms with Crippen molar-refractivity contribution in [3.63, 3.8) is 0 Å². The van der Waals surface area contributed by atoms with Gasteiger partial charge in [0, 0.05) is 0 Å². The van der Waals surface area contributed by atoms with Gasteiger partial charge in [0.2, 0.25) is 0 Å². The molecular formula is C31H31N5O6. The average molecular weight is 570 g/mol. The molecule has 6 rings (SSSR count). The summed E-state index contributed by atoms with van der Waals surface area (Å²) in [6, 6.07) is 25.1. The Morgan fingerprint density at radius 2 is 1.40 bits per heavy atom. The van der Waals surface area contributed by atoms with Gasteiger partial charge in [0.25, 0.3) is 0 Å². The largest absolute Gasteiger partial charge is 0.497 e. The molecule has 4 N–H and O–H groups in total. The second-order valence-electron chi connectivity index (χ2n) is 9.94. The molecule has 4 atom stereocenters. The molecule has 1 aliphatic heterocycles. The molecule has 0 saturated carbocycles. The molecule has 2 unspecified atom stereocenters. The average Bonchev–Trinajstić information content (AvgIpc) is 3.59. The Kier molecular flexibility index (Phi) is 7.48. The Labute approximate surface area is 242 Å². The molecule has 1 saturated heterocycles. The van der Waals surface area contributed by atoms with E-state index >= 15 is 0 Å². The first-order chi connectivity index (χ1) is 20.5. The van der Waals surface area contributed by atoms with Gasteiger partial charge >= 0.3 is 0 Å². The van der Waals surface area contributed by atoms with Crippen molar-refractivity contribution in [1.82, 2.24) is 19.5 Å². The van der Waals surface area contributed by atoms with Gasteiger partial charge in [0.1, 0.15) is 47.3 Å². The number of nitrogens with zero attached hydrogens (tertiary/aromatic N) is 4. The summed E-state index contributed by atoms with van der Waals surface area (Å²) in [6.07, 6.45) is -1.62. The smallest absolute Gasteiger partial charge is 0.167 e. The van der Waals surface area contributed by atoms with Gasteiger partial charge in [-0.05, 0) is 41.0 Å². The van der Waals surface area contributed by atoms with Crippen molar-refractivity contribution in [2.75, 3.05) is 26.6 Å². The van der Waals surface area contributed by atoms with E-state index in [2.05, 4.69) is 15.0 Å². The van der Waals surface area contributed by atoms with Crippen LogP contribution in [0, 0.1) is 0 Å². The molecule has 42 heavy (non-hydrogen) atoms. The van der Waals surface area contributed by atoms with Gasteiger partial charge in [0.05, 0.1) is 27.2 Å². The van der Waals surface area contributed by atoms with Gasteiger partial charge in [-0.15, -0.1) is 0 Å². The highest BCUT2D eigenvalue weighted by Crippen LogP contribution is 2.43. The zero-order chi connectivity index (χ0) is 29.3. The van der Waals surface area contributed by atoms with E-state index in [0.717, 1.165) is 16.7 Å². The number of aliphatic hydroxyl groups is 2. The minimum absolute atomic E-state index is 0.0641. The second kappa shape index (κ2) is 11.4. The molecule has 11 nitrogen and oxygen atoms in total. The van der Waals surface area contributed by atoms with Crippen LogP contribution in [0.25, 0.3) is 11.2 Å². The van der Waals surface area contributed by atoms with E-state index in [4.69, 9.17) is 24.7 Å². The topological polar surface area (TPSA) is 147 Å². The molecule has 1 fully saturated rings. The van der Waals surface area contributed by atoms with Crippen LogP contribution < -0.4 is 15.2 Å². The summed E-state index contributed by atoms with van der Waals surface area (Å²) in [4.78, 5) is 12.5. The monoisotopic (exact) mass is 569 g/mol. The Bertz CT molecular complexity index is 1600. The van der Waals surface area contributed by atoms with E-state index in [1.165, 1.54) is 12.7 Å². The number of aliphatic hydroxyl groups excluding tert-OH is 2. The molecule has 11 heteroatoms. The minimum Gasteiger partial charge on any atom is -0.497 e. The lowest BCUT2D eigenvalue weighted by atomic mass is 9.80. The van der Waals surface area contributed by atoms with Crippen molar-refractivity contribution < 1.29 is 29.2 Å². The van der Waals surface area contributed by atoms with Crippen LogP contribution in [0.2, 0.25) is 0 Å². The molecule has 3 aromatic carbocycles. The highest BCUT2D eigenvalue weighted by molar-refractivity contribution is 5.81. The first kappa shape index (κ1) is 27.6. The lowest BCUT2D eigenvalue weighted by Crippen LogP contribution is -2.39. The number of benzene rings is 3. The zero-order valence-corrected chi connectivity index (χ0v) is 23.1. The fraction of sp³-hybridized carbons (Fsp3) is 0.258. The molecule has 0 radical (unpaired) electrons. The summed E-state index contributed by atoms with van der Waals surface area (Å²) in [5.74, 6) is 1.61. The summed E-state index contributed by atoms with van der Waals surface area (Å²) in [6.45, 7) is -0.0641. The van der Waals surface area contributed by atoms with Gasteiger partial charge in [0.15, 0.2) is 17.7 Å². The van der Waals surface area contributed by atoms with E-state index in [1.54, 1.807) is 18.8 Å². The van der Waals surface area contributed by atoms with Crippen LogP contribution in [0.3, 0.4) is 0 Å². The fourth-order valence-electron chi connectivity index (χ4n) is 5.43. The van der Waals surface area contributed by atoms with E-state index < -0.39 is 30.1 Å². The van der Waals surface area contributed by atoms with Crippen LogP contribution in [0.5, 0.6) is 11.5 Å². The molecule has 0 spiro atoms. The normalized spacial score (nSPS) is 20.6. The first-order valence-corrected chi connectivity index (χ1v) is 13.4. The first-order valence-electron chi connectivity index (χ1n) is 13.4. The van der Waals surface area contributed by atoms with Gasteiger partial charge < -0.3 is 34.9 Å². The van der Waals surface area contributed by atoms with E-state index in [-0.39, 0.29) is 12.4 Å². The SMILES string of the molecule is COc1ccc(C(OC[C@H]2O[C@@H](n3cnc4c(N)ncnc43)C(O)C2O)(c2ccccc2)c2ccc(OC)cc2)cc1. The van der Waals surface area contributed by atoms with Crippen LogP contribution in [0.15, 0.2) is 91.5 Å². The number of methoxy groups -OCH3 is 2. The van der Waals surface area contributed by atoms with E-state index in [0.29, 0.717) is 22.7 Å². The highest BCUT2D eigenvalue weighted by Gasteiger charge is 2.47. The number of nitrogens with two attached hydrogens (primary N) is 1. The molecular weight excluding hydrogens is 538 g/mol. The zero-order valence-electron chi connectivity index (χ0n) is 23.1. The molecule has 2 aromatic heterocycles. The molecule has 0 bridgehead atoms. The third-order valence-corrected chi connectivity index (χ3v) is 7.64. The summed E-state index contributed by atoms with van der Waals surface area (Å²) in [5.41, 5.74) is 8.11. The van der Waals surface area contributed by atoms with Gasteiger partial charge in [-0.1, -0.05) is 54.6 Å². The predicted molar refractivity (Wildman–Crippen MR) is 154 cm³/mol. The quantitative estimate of drug-likeness (QED) is 0.226. The van der Waals surface area contributed by atoms with E-state index in [9.17, 15) is 10.2 Å². The van der Waals surface area contributed by atoms with Crippen LogP contribution in [-0.4, -0.2) is 68.9 Å². The minimum atomic E-state index is -1.28. The number of imidazole rings is 1. The summed E-state index contributed by atoms with van der Waals surface area (Å²) in [5, 5.41) is 22.2. The maximum atomic E-state index is 11.1. The number of fused-ring (bicyclic) bond motifs is 1. The predicted octanol–water partition coefficient (Wildman–Crippen LogP) is 3.05. The lowest BCUT2D eigenvalue weighted by molar-refractivity contribution is -0.0942. The number of hydrogen-bond acceptors (Lipinski definition) is 10. The number of hydrogen-bond donors (Lipinski definition) is 3. The number of rotatable bonds is 9. The Hall–Kier alpha value is -4.55. The number of anilines is 1. The van der Waals surface area contributed by atoms with E-state index in [1.807, 2.05) is 78.9 Å². The maximum Gasteiger partial charge on any atom is 0.167 e. The van der Waals surface area contributed by atoms with Crippen molar-refractivity contribution in [1.29, 1.82) is 0 Å². The second-order valence-corrected chi connectivity index (χ2v) is 9.94. The number of ether oxygens (including phenoxy) is 4.